The van der Waals surface area contributed by atoms with Crippen molar-refractivity contribution < 1.29 is 14.0 Å². The Morgan fingerprint density at radius 3 is 1.97 bits per heavy atom. The fraction of sp³-hybridized carbons (Fsp3) is 0.417. The molecule has 2 amide bonds. The molecule has 2 aromatic carbocycles. The molecule has 4 rings (SSSR count). The zero-order valence-corrected chi connectivity index (χ0v) is 18.0. The van der Waals surface area contributed by atoms with Crippen molar-refractivity contribution in [2.24, 2.45) is 0 Å². The number of carbonyl (C=O) groups excluding carboxylic acids is 2. The van der Waals surface area contributed by atoms with Crippen LogP contribution in [0.25, 0.3) is 0 Å². The van der Waals surface area contributed by atoms with Crippen molar-refractivity contribution in [2.45, 2.75) is 6.54 Å². The first-order valence-electron chi connectivity index (χ1n) is 10.8. The molecule has 2 fully saturated rings. The van der Waals surface area contributed by atoms with Crippen molar-refractivity contribution in [3.8, 4) is 0 Å². The average molecular weight is 425 g/mol. The van der Waals surface area contributed by atoms with Crippen LogP contribution < -0.4 is 0 Å². The summed E-state index contributed by atoms with van der Waals surface area (Å²) in [5.41, 5.74) is 1.95. The molecule has 0 N–H and O–H groups in total. The number of likely N-dealkylation sites (N-methyl/N-ethyl adjacent to an activating group) is 1. The lowest BCUT2D eigenvalue weighted by Crippen LogP contribution is -2.50. The normalized spacial score (nSPS) is 18.3. The molecule has 0 atom stereocenters. The number of amides is 2. The van der Waals surface area contributed by atoms with Crippen molar-refractivity contribution >= 4 is 11.8 Å². The third kappa shape index (κ3) is 5.11. The molecule has 2 heterocycles. The van der Waals surface area contributed by atoms with Crippen LogP contribution in [0.2, 0.25) is 0 Å². The van der Waals surface area contributed by atoms with Crippen molar-refractivity contribution in [1.29, 1.82) is 0 Å². The second-order valence-electron chi connectivity index (χ2n) is 8.34. The molecule has 2 saturated heterocycles. The van der Waals surface area contributed by atoms with Crippen LogP contribution in [0.15, 0.2) is 48.5 Å². The van der Waals surface area contributed by atoms with Crippen LogP contribution in [0.3, 0.4) is 0 Å². The van der Waals surface area contributed by atoms with Crippen molar-refractivity contribution in [1.82, 2.24) is 19.6 Å². The highest BCUT2D eigenvalue weighted by atomic mass is 19.1. The molecule has 164 valence electrons. The van der Waals surface area contributed by atoms with Gasteiger partial charge in [-0.05, 0) is 36.9 Å². The van der Waals surface area contributed by atoms with Crippen LogP contribution >= 0.6 is 0 Å². The summed E-state index contributed by atoms with van der Waals surface area (Å²) < 4.78 is 13.9. The van der Waals surface area contributed by atoms with E-state index in [0.29, 0.717) is 31.7 Å². The van der Waals surface area contributed by atoms with E-state index in [9.17, 15) is 14.0 Å². The molecule has 2 aliphatic rings. The molecule has 0 aliphatic carbocycles. The van der Waals surface area contributed by atoms with E-state index < -0.39 is 5.82 Å². The van der Waals surface area contributed by atoms with Crippen molar-refractivity contribution in [2.75, 3.05) is 59.4 Å². The Balaban J connectivity index is 1.30. The third-order valence-electron chi connectivity index (χ3n) is 6.16. The van der Waals surface area contributed by atoms with Gasteiger partial charge in [0.1, 0.15) is 5.82 Å². The van der Waals surface area contributed by atoms with Crippen LogP contribution in [0, 0.1) is 5.82 Å². The molecular weight excluding hydrogens is 395 g/mol. The maximum Gasteiger partial charge on any atom is 0.256 e. The van der Waals surface area contributed by atoms with Gasteiger partial charge >= 0.3 is 0 Å². The second-order valence-corrected chi connectivity index (χ2v) is 8.34. The van der Waals surface area contributed by atoms with Gasteiger partial charge in [-0.25, -0.2) is 4.39 Å². The van der Waals surface area contributed by atoms with E-state index in [-0.39, 0.29) is 17.4 Å². The van der Waals surface area contributed by atoms with Crippen molar-refractivity contribution in [3.05, 3.63) is 71.0 Å². The quantitative estimate of drug-likeness (QED) is 0.755. The molecule has 0 bridgehead atoms. The summed E-state index contributed by atoms with van der Waals surface area (Å²) in [6, 6.07) is 13.9. The Hall–Kier alpha value is -2.77. The number of piperazine rings is 2. The van der Waals surface area contributed by atoms with E-state index >= 15 is 0 Å². The lowest BCUT2D eigenvalue weighted by Gasteiger charge is -2.35. The minimum absolute atomic E-state index is 0.0239. The molecule has 0 radical (unpaired) electrons. The summed E-state index contributed by atoms with van der Waals surface area (Å²) in [6.07, 6.45) is 0. The van der Waals surface area contributed by atoms with Gasteiger partial charge in [-0.1, -0.05) is 24.3 Å². The zero-order chi connectivity index (χ0) is 21.8. The first kappa shape index (κ1) is 21.5. The van der Waals surface area contributed by atoms with Gasteiger partial charge in [0.2, 0.25) is 0 Å². The summed E-state index contributed by atoms with van der Waals surface area (Å²) in [7, 11) is 2.15. The highest BCUT2D eigenvalue weighted by molar-refractivity contribution is 5.96. The molecule has 31 heavy (non-hydrogen) atoms. The van der Waals surface area contributed by atoms with Gasteiger partial charge in [0.05, 0.1) is 5.56 Å². The van der Waals surface area contributed by atoms with Crippen LogP contribution in [0.4, 0.5) is 4.39 Å². The van der Waals surface area contributed by atoms with Gasteiger partial charge in [0.25, 0.3) is 11.8 Å². The van der Waals surface area contributed by atoms with E-state index in [1.54, 1.807) is 21.9 Å². The number of hydrogen-bond donors (Lipinski definition) is 0. The summed E-state index contributed by atoms with van der Waals surface area (Å²) in [4.78, 5) is 33.6. The Labute approximate surface area is 182 Å². The van der Waals surface area contributed by atoms with Gasteiger partial charge in [-0.2, -0.15) is 0 Å². The average Bonchev–Trinajstić information content (AvgIpc) is 2.81. The highest BCUT2D eigenvalue weighted by Crippen LogP contribution is 2.15. The number of rotatable bonds is 4. The maximum atomic E-state index is 13.9. The summed E-state index contributed by atoms with van der Waals surface area (Å²) in [5, 5.41) is 0. The predicted molar refractivity (Wildman–Crippen MR) is 117 cm³/mol. The molecule has 2 aromatic rings. The number of halogens is 1. The fourth-order valence-electron chi connectivity index (χ4n) is 4.12. The van der Waals surface area contributed by atoms with Crippen LogP contribution in [0.5, 0.6) is 0 Å². The van der Waals surface area contributed by atoms with E-state index in [1.165, 1.54) is 17.7 Å². The largest absolute Gasteiger partial charge is 0.335 e. The second kappa shape index (κ2) is 9.58. The Bertz CT molecular complexity index is 917. The SMILES string of the molecule is CN1CCN(Cc2ccc(C(=O)N3CCN(C(=O)c4ccccc4F)CC3)cc2)CC1. The third-order valence-corrected chi connectivity index (χ3v) is 6.16. The summed E-state index contributed by atoms with van der Waals surface area (Å²) in [5.74, 6) is -0.856. The minimum atomic E-state index is -0.511. The van der Waals surface area contributed by atoms with Gasteiger partial charge < -0.3 is 14.7 Å². The first-order valence-corrected chi connectivity index (χ1v) is 10.8. The topological polar surface area (TPSA) is 47.1 Å². The Kier molecular flexibility index (Phi) is 6.63. The standard InChI is InChI=1S/C24H29FN4O2/c1-26-10-12-27(13-11-26)18-19-6-8-20(9-7-19)23(30)28-14-16-29(17-15-28)24(31)21-4-2-3-5-22(21)25/h2-9H,10-18H2,1H3. The molecule has 0 aromatic heterocycles. The van der Waals surface area contributed by atoms with Crippen LogP contribution in [-0.4, -0.2) is 90.8 Å². The number of carbonyl (C=O) groups is 2. The zero-order valence-electron chi connectivity index (χ0n) is 18.0. The molecule has 7 heteroatoms. The Morgan fingerprint density at radius 2 is 1.35 bits per heavy atom. The molecular formula is C24H29FN4O2. The number of hydrogen-bond acceptors (Lipinski definition) is 4. The molecule has 0 spiro atoms. The van der Waals surface area contributed by atoms with Gasteiger partial charge in [0.15, 0.2) is 0 Å². The first-order chi connectivity index (χ1) is 15.0. The van der Waals surface area contributed by atoms with Crippen LogP contribution in [-0.2, 0) is 6.54 Å². The number of benzene rings is 2. The minimum Gasteiger partial charge on any atom is -0.335 e. The highest BCUT2D eigenvalue weighted by Gasteiger charge is 2.26. The smallest absolute Gasteiger partial charge is 0.256 e. The maximum absolute atomic E-state index is 13.9. The van der Waals surface area contributed by atoms with Gasteiger partial charge in [-0.3, -0.25) is 14.5 Å². The van der Waals surface area contributed by atoms with E-state index in [1.807, 2.05) is 24.3 Å². The monoisotopic (exact) mass is 424 g/mol. The van der Waals surface area contributed by atoms with E-state index in [0.717, 1.165) is 32.7 Å². The number of nitrogens with zero attached hydrogens (tertiary/aromatic N) is 4. The fourth-order valence-corrected chi connectivity index (χ4v) is 4.12. The van der Waals surface area contributed by atoms with Crippen LogP contribution in [0.1, 0.15) is 26.3 Å². The Morgan fingerprint density at radius 1 is 0.774 bits per heavy atom. The van der Waals surface area contributed by atoms with E-state index in [4.69, 9.17) is 0 Å². The lowest BCUT2D eigenvalue weighted by atomic mass is 10.1. The molecule has 0 unspecified atom stereocenters. The summed E-state index contributed by atoms with van der Waals surface area (Å²) >= 11 is 0. The van der Waals surface area contributed by atoms with Crippen molar-refractivity contribution in [3.63, 3.8) is 0 Å². The molecule has 0 saturated carbocycles. The molecule has 2 aliphatic heterocycles. The van der Waals surface area contributed by atoms with Gasteiger partial charge in [-0.15, -0.1) is 0 Å². The lowest BCUT2D eigenvalue weighted by molar-refractivity contribution is 0.0533. The van der Waals surface area contributed by atoms with Gasteiger partial charge in [0, 0.05) is 64.5 Å². The summed E-state index contributed by atoms with van der Waals surface area (Å²) in [6.45, 7) is 6.90. The molecule has 6 nitrogen and oxygen atoms in total. The van der Waals surface area contributed by atoms with E-state index in [2.05, 4.69) is 16.8 Å². The predicted octanol–water partition coefficient (Wildman–Crippen LogP) is 2.17.